The van der Waals surface area contributed by atoms with Crippen LogP contribution in [0.15, 0.2) is 34.1 Å². The number of hydrogen-bond donors (Lipinski definition) is 0. The SMILES string of the molecule is CCN1CCC(c2nc(-c3cccc(Br)c3)cs2)CC1.[Cl-]. The summed E-state index contributed by atoms with van der Waals surface area (Å²) in [7, 11) is 0. The van der Waals surface area contributed by atoms with E-state index in [0.29, 0.717) is 5.92 Å². The van der Waals surface area contributed by atoms with E-state index in [4.69, 9.17) is 4.98 Å². The maximum atomic E-state index is 4.88. The van der Waals surface area contributed by atoms with Gasteiger partial charge in [0.15, 0.2) is 0 Å². The zero-order chi connectivity index (χ0) is 13.9. The first-order valence-corrected chi connectivity index (χ1v) is 8.87. The minimum absolute atomic E-state index is 0. The van der Waals surface area contributed by atoms with Crippen molar-refractivity contribution in [1.29, 1.82) is 0 Å². The fourth-order valence-electron chi connectivity index (χ4n) is 2.75. The Labute approximate surface area is 145 Å². The van der Waals surface area contributed by atoms with Gasteiger partial charge in [-0.1, -0.05) is 35.0 Å². The van der Waals surface area contributed by atoms with Crippen LogP contribution in [0, 0.1) is 0 Å². The molecule has 21 heavy (non-hydrogen) atoms. The zero-order valence-corrected chi connectivity index (χ0v) is 15.2. The van der Waals surface area contributed by atoms with Crippen LogP contribution in [0.2, 0.25) is 0 Å². The summed E-state index contributed by atoms with van der Waals surface area (Å²) in [6.07, 6.45) is 2.50. The highest BCUT2D eigenvalue weighted by atomic mass is 79.9. The van der Waals surface area contributed by atoms with Crippen molar-refractivity contribution in [3.63, 3.8) is 0 Å². The monoisotopic (exact) mass is 385 g/mol. The Morgan fingerprint density at radius 3 is 2.76 bits per heavy atom. The lowest BCUT2D eigenvalue weighted by Gasteiger charge is -2.29. The van der Waals surface area contributed by atoms with E-state index >= 15 is 0 Å². The topological polar surface area (TPSA) is 16.1 Å². The Kier molecular flexibility index (Phi) is 6.23. The van der Waals surface area contributed by atoms with Gasteiger partial charge in [-0.2, -0.15) is 0 Å². The van der Waals surface area contributed by atoms with E-state index in [9.17, 15) is 0 Å². The van der Waals surface area contributed by atoms with Gasteiger partial charge in [0.1, 0.15) is 0 Å². The third-order valence-electron chi connectivity index (χ3n) is 4.03. The summed E-state index contributed by atoms with van der Waals surface area (Å²) < 4.78 is 1.11. The van der Waals surface area contributed by atoms with Gasteiger partial charge in [-0.3, -0.25) is 0 Å². The van der Waals surface area contributed by atoms with Crippen LogP contribution in [0.3, 0.4) is 0 Å². The molecular weight excluding hydrogens is 368 g/mol. The predicted octanol–water partition coefficient (Wildman–Crippen LogP) is 1.78. The van der Waals surface area contributed by atoms with Crippen LogP contribution in [0.1, 0.15) is 30.7 Å². The number of piperidine rings is 1. The Morgan fingerprint density at radius 2 is 2.10 bits per heavy atom. The molecule has 0 bridgehead atoms. The average Bonchev–Trinajstić information content (AvgIpc) is 2.97. The summed E-state index contributed by atoms with van der Waals surface area (Å²) in [4.78, 5) is 7.40. The molecule has 2 aromatic rings. The molecule has 1 saturated heterocycles. The smallest absolute Gasteiger partial charge is 0.0964 e. The summed E-state index contributed by atoms with van der Waals surface area (Å²) in [5.41, 5.74) is 2.32. The third kappa shape index (κ3) is 4.07. The van der Waals surface area contributed by atoms with Crippen molar-refractivity contribution >= 4 is 27.3 Å². The summed E-state index contributed by atoms with van der Waals surface area (Å²) in [6, 6.07) is 8.39. The van der Waals surface area contributed by atoms with Crippen molar-refractivity contribution in [3.8, 4) is 11.3 Å². The van der Waals surface area contributed by atoms with Gasteiger partial charge in [0.2, 0.25) is 0 Å². The van der Waals surface area contributed by atoms with E-state index in [0.717, 1.165) is 10.2 Å². The van der Waals surface area contributed by atoms with Gasteiger partial charge in [-0.05, 0) is 44.6 Å². The average molecular weight is 387 g/mol. The second-order valence-corrected chi connectivity index (χ2v) is 7.10. The van der Waals surface area contributed by atoms with Gasteiger partial charge in [-0.25, -0.2) is 4.98 Å². The molecule has 2 nitrogen and oxygen atoms in total. The number of aromatic nitrogens is 1. The minimum Gasteiger partial charge on any atom is -1.00 e. The van der Waals surface area contributed by atoms with Gasteiger partial charge < -0.3 is 17.3 Å². The van der Waals surface area contributed by atoms with Gasteiger partial charge in [-0.15, -0.1) is 11.3 Å². The van der Waals surface area contributed by atoms with Crippen LogP contribution < -0.4 is 12.4 Å². The predicted molar refractivity (Wildman–Crippen MR) is 89.3 cm³/mol. The number of rotatable bonds is 3. The molecule has 0 N–H and O–H groups in total. The lowest BCUT2D eigenvalue weighted by molar-refractivity contribution is -0.00000397. The molecule has 3 rings (SSSR count). The van der Waals surface area contributed by atoms with E-state index in [1.165, 1.54) is 43.0 Å². The molecule has 0 radical (unpaired) electrons. The van der Waals surface area contributed by atoms with Gasteiger partial charge in [0, 0.05) is 21.3 Å². The maximum Gasteiger partial charge on any atom is 0.0964 e. The van der Waals surface area contributed by atoms with E-state index in [2.05, 4.69) is 57.4 Å². The molecule has 1 aromatic carbocycles. The van der Waals surface area contributed by atoms with Crippen LogP contribution in [-0.2, 0) is 0 Å². The molecule has 0 saturated carbocycles. The first-order valence-electron chi connectivity index (χ1n) is 7.20. The zero-order valence-electron chi connectivity index (χ0n) is 12.1. The molecule has 2 heterocycles. The van der Waals surface area contributed by atoms with Crippen molar-refractivity contribution in [3.05, 3.63) is 39.1 Å². The van der Waals surface area contributed by atoms with Gasteiger partial charge in [0.05, 0.1) is 10.7 Å². The molecular formula is C16H19BrClN2S-. The molecule has 1 fully saturated rings. The molecule has 1 aliphatic rings. The summed E-state index contributed by atoms with van der Waals surface area (Å²) in [6.45, 7) is 5.85. The van der Waals surface area contributed by atoms with Gasteiger partial charge in [0.25, 0.3) is 0 Å². The second kappa shape index (κ2) is 7.73. The quantitative estimate of drug-likeness (QED) is 0.799. The molecule has 0 spiro atoms. The fraction of sp³-hybridized carbons (Fsp3) is 0.438. The molecule has 114 valence electrons. The molecule has 1 aromatic heterocycles. The Balaban J connectivity index is 0.00000161. The number of nitrogens with zero attached hydrogens (tertiary/aromatic N) is 2. The summed E-state index contributed by atoms with van der Waals surface area (Å²) in [5.74, 6) is 0.656. The van der Waals surface area contributed by atoms with Crippen molar-refractivity contribution in [2.75, 3.05) is 19.6 Å². The normalized spacial score (nSPS) is 16.7. The van der Waals surface area contributed by atoms with Crippen LogP contribution in [0.25, 0.3) is 11.3 Å². The molecule has 0 aliphatic carbocycles. The second-order valence-electron chi connectivity index (χ2n) is 5.29. The largest absolute Gasteiger partial charge is 1.00 e. The molecule has 0 atom stereocenters. The van der Waals surface area contributed by atoms with Crippen LogP contribution in [0.4, 0.5) is 0 Å². The van der Waals surface area contributed by atoms with E-state index < -0.39 is 0 Å². The molecule has 1 aliphatic heterocycles. The molecule has 0 amide bonds. The minimum atomic E-state index is 0. The van der Waals surface area contributed by atoms with Crippen LogP contribution >= 0.6 is 27.3 Å². The Morgan fingerprint density at radius 1 is 1.33 bits per heavy atom. The fourth-order valence-corrected chi connectivity index (χ4v) is 4.15. The highest BCUT2D eigenvalue weighted by Crippen LogP contribution is 2.33. The third-order valence-corrected chi connectivity index (χ3v) is 5.53. The lowest BCUT2D eigenvalue weighted by Crippen LogP contribution is -3.00. The standard InChI is InChI=1S/C16H19BrN2S.ClH/c1-2-19-8-6-12(7-9-19)16-18-15(11-20-16)13-4-3-5-14(17)10-13;/h3-5,10-12H,2,6-9H2,1H3;1H/p-1. The van der Waals surface area contributed by atoms with E-state index in [1.54, 1.807) is 0 Å². The van der Waals surface area contributed by atoms with Crippen LogP contribution in [0.5, 0.6) is 0 Å². The number of halogens is 2. The Hall–Kier alpha value is -0.420. The number of benzene rings is 1. The van der Waals surface area contributed by atoms with Crippen molar-refractivity contribution in [2.45, 2.75) is 25.7 Å². The van der Waals surface area contributed by atoms with Crippen molar-refractivity contribution in [1.82, 2.24) is 9.88 Å². The number of thiazole rings is 1. The lowest BCUT2D eigenvalue weighted by atomic mass is 9.97. The van der Waals surface area contributed by atoms with Crippen molar-refractivity contribution in [2.24, 2.45) is 0 Å². The van der Waals surface area contributed by atoms with Crippen LogP contribution in [-0.4, -0.2) is 29.5 Å². The first-order chi connectivity index (χ1) is 9.76. The summed E-state index contributed by atoms with van der Waals surface area (Å²) >= 11 is 5.35. The van der Waals surface area contributed by atoms with E-state index in [1.807, 2.05) is 11.3 Å². The summed E-state index contributed by atoms with van der Waals surface area (Å²) in [5, 5.41) is 3.51. The van der Waals surface area contributed by atoms with Crippen molar-refractivity contribution < 1.29 is 12.4 Å². The first kappa shape index (κ1) is 16.9. The van der Waals surface area contributed by atoms with Gasteiger partial charge >= 0.3 is 0 Å². The molecule has 0 unspecified atom stereocenters. The maximum absolute atomic E-state index is 4.88. The highest BCUT2D eigenvalue weighted by molar-refractivity contribution is 9.10. The number of likely N-dealkylation sites (tertiary alicyclic amines) is 1. The molecule has 5 heteroatoms. The van der Waals surface area contributed by atoms with E-state index in [-0.39, 0.29) is 12.4 Å². The Bertz CT molecular complexity index is 579. The highest BCUT2D eigenvalue weighted by Gasteiger charge is 2.22. The number of hydrogen-bond acceptors (Lipinski definition) is 3.